The van der Waals surface area contributed by atoms with E-state index in [0.717, 1.165) is 32.1 Å². The molecule has 0 rings (SSSR count). The highest BCUT2D eigenvalue weighted by Crippen LogP contribution is 2.19. The minimum atomic E-state index is -2.87. The molecule has 4 nitrogen and oxygen atoms in total. The van der Waals surface area contributed by atoms with E-state index < -0.39 is 14.8 Å². The Morgan fingerprint density at radius 1 is 1.05 bits per heavy atom. The predicted octanol–water partition coefficient (Wildman–Crippen LogP) is 3.70. The van der Waals surface area contributed by atoms with Crippen molar-refractivity contribution < 1.29 is 18.1 Å². The van der Waals surface area contributed by atoms with Gasteiger partial charge in [-0.25, -0.2) is 4.79 Å². The molecule has 0 aromatic carbocycles. The zero-order valence-corrected chi connectivity index (χ0v) is 13.6. The maximum absolute atomic E-state index is 11.5. The zero-order chi connectivity index (χ0) is 14.6. The summed E-state index contributed by atoms with van der Waals surface area (Å²) in [4.78, 5) is 11.5. The normalized spacial score (nSPS) is 11.3. The van der Waals surface area contributed by atoms with E-state index >= 15 is 0 Å². The van der Waals surface area contributed by atoms with Crippen molar-refractivity contribution >= 4 is 14.8 Å². The summed E-state index contributed by atoms with van der Waals surface area (Å²) in [6.07, 6.45) is 6.02. The molecule has 0 radical (unpaired) electrons. The molecule has 112 valence electrons. The standard InChI is InChI=1S/C14H28O4Si/c1-5-9-11-16-19(13-7-3,17-12-10-6-2)18-14(15)8-4/h8H,4-7,9-13H2,1-3H3. The van der Waals surface area contributed by atoms with E-state index in [0.29, 0.717) is 19.3 Å². The molecular weight excluding hydrogens is 260 g/mol. The SMILES string of the molecule is C=CC(=O)O[Si](CCC)(OCCCC)OCCCC. The minimum absolute atomic E-state index is 0.451. The molecule has 0 spiro atoms. The van der Waals surface area contributed by atoms with Gasteiger partial charge < -0.3 is 13.3 Å². The Labute approximate surface area is 118 Å². The van der Waals surface area contributed by atoms with Gasteiger partial charge in [-0.15, -0.1) is 0 Å². The molecule has 0 aromatic rings. The van der Waals surface area contributed by atoms with E-state index in [2.05, 4.69) is 20.4 Å². The van der Waals surface area contributed by atoms with Crippen LogP contribution >= 0.6 is 0 Å². The molecule has 0 unspecified atom stereocenters. The predicted molar refractivity (Wildman–Crippen MR) is 78.9 cm³/mol. The van der Waals surface area contributed by atoms with Gasteiger partial charge in [0.05, 0.1) is 0 Å². The molecule has 0 heterocycles. The van der Waals surface area contributed by atoms with Crippen LogP contribution in [0.4, 0.5) is 0 Å². The third-order valence-electron chi connectivity index (χ3n) is 2.62. The van der Waals surface area contributed by atoms with Gasteiger partial charge in [-0.05, 0) is 12.8 Å². The average Bonchev–Trinajstić information content (AvgIpc) is 2.39. The Balaban J connectivity index is 4.65. The highest BCUT2D eigenvalue weighted by Gasteiger charge is 2.43. The van der Waals surface area contributed by atoms with Crippen molar-refractivity contribution in [3.8, 4) is 0 Å². The van der Waals surface area contributed by atoms with Crippen LogP contribution in [0.25, 0.3) is 0 Å². The molecular formula is C14H28O4Si. The Bertz CT molecular complexity index is 246. The van der Waals surface area contributed by atoms with E-state index in [1.165, 1.54) is 6.08 Å². The molecule has 0 aliphatic carbocycles. The quantitative estimate of drug-likeness (QED) is 0.312. The second-order valence-corrected chi connectivity index (χ2v) is 7.11. The van der Waals surface area contributed by atoms with Crippen molar-refractivity contribution in [2.45, 2.75) is 58.9 Å². The van der Waals surface area contributed by atoms with E-state index in [-0.39, 0.29) is 0 Å². The summed E-state index contributed by atoms with van der Waals surface area (Å²) in [6.45, 7) is 10.8. The molecule has 0 saturated heterocycles. The lowest BCUT2D eigenvalue weighted by molar-refractivity contribution is -0.133. The van der Waals surface area contributed by atoms with Crippen LogP contribution in [0.15, 0.2) is 12.7 Å². The maximum Gasteiger partial charge on any atom is 0.568 e. The highest BCUT2D eigenvalue weighted by molar-refractivity contribution is 6.62. The lowest BCUT2D eigenvalue weighted by Crippen LogP contribution is -2.47. The molecule has 0 atom stereocenters. The van der Waals surface area contributed by atoms with Crippen LogP contribution in [0.2, 0.25) is 6.04 Å². The zero-order valence-electron chi connectivity index (χ0n) is 12.6. The third kappa shape index (κ3) is 8.18. The second kappa shape index (κ2) is 11.2. The smallest absolute Gasteiger partial charge is 0.470 e. The molecule has 0 fully saturated rings. The first-order valence-electron chi connectivity index (χ1n) is 7.27. The Morgan fingerprint density at radius 2 is 1.58 bits per heavy atom. The van der Waals surface area contributed by atoms with E-state index in [4.69, 9.17) is 13.3 Å². The van der Waals surface area contributed by atoms with Gasteiger partial charge in [0.2, 0.25) is 0 Å². The number of rotatable bonds is 12. The van der Waals surface area contributed by atoms with Crippen LogP contribution in [0.5, 0.6) is 0 Å². The first-order chi connectivity index (χ1) is 9.14. The van der Waals surface area contributed by atoms with Crippen molar-refractivity contribution in [2.24, 2.45) is 0 Å². The number of unbranched alkanes of at least 4 members (excludes halogenated alkanes) is 2. The molecule has 0 bridgehead atoms. The van der Waals surface area contributed by atoms with Crippen LogP contribution in [0.1, 0.15) is 52.9 Å². The third-order valence-corrected chi connectivity index (χ3v) is 5.53. The molecule has 0 N–H and O–H groups in total. The molecule has 0 aromatic heterocycles. The largest absolute Gasteiger partial charge is 0.568 e. The van der Waals surface area contributed by atoms with Gasteiger partial charge in [0.25, 0.3) is 0 Å². The first-order valence-corrected chi connectivity index (χ1v) is 9.20. The van der Waals surface area contributed by atoms with Crippen molar-refractivity contribution in [3.63, 3.8) is 0 Å². The van der Waals surface area contributed by atoms with E-state index in [9.17, 15) is 4.79 Å². The summed E-state index contributed by atoms with van der Waals surface area (Å²) < 4.78 is 17.2. The fourth-order valence-corrected chi connectivity index (χ4v) is 4.05. The topological polar surface area (TPSA) is 44.8 Å². The van der Waals surface area contributed by atoms with Gasteiger partial charge in [-0.3, -0.25) is 0 Å². The van der Waals surface area contributed by atoms with Crippen molar-refractivity contribution in [2.75, 3.05) is 13.2 Å². The Morgan fingerprint density at radius 3 is 1.95 bits per heavy atom. The maximum atomic E-state index is 11.5. The average molecular weight is 288 g/mol. The fraction of sp³-hybridized carbons (Fsp3) is 0.786. The summed E-state index contributed by atoms with van der Waals surface area (Å²) in [6, 6.07) is 0.667. The number of hydrogen-bond donors (Lipinski definition) is 0. The van der Waals surface area contributed by atoms with Crippen molar-refractivity contribution in [1.82, 2.24) is 0 Å². The van der Waals surface area contributed by atoms with Crippen LogP contribution in [0.3, 0.4) is 0 Å². The molecule has 0 saturated carbocycles. The molecule has 0 aliphatic heterocycles. The van der Waals surface area contributed by atoms with Gasteiger partial charge in [-0.2, -0.15) is 0 Å². The van der Waals surface area contributed by atoms with Gasteiger partial charge in [-0.1, -0.05) is 46.6 Å². The summed E-state index contributed by atoms with van der Waals surface area (Å²) >= 11 is 0. The molecule has 19 heavy (non-hydrogen) atoms. The fourth-order valence-electron chi connectivity index (χ4n) is 1.54. The molecule has 0 amide bonds. The van der Waals surface area contributed by atoms with Crippen LogP contribution in [0, 0.1) is 0 Å². The summed E-state index contributed by atoms with van der Waals surface area (Å²) in [5.41, 5.74) is 0. The van der Waals surface area contributed by atoms with Gasteiger partial charge in [0.1, 0.15) is 0 Å². The Hall–Kier alpha value is -0.653. The molecule has 5 heteroatoms. The van der Waals surface area contributed by atoms with Gasteiger partial charge in [0, 0.05) is 25.3 Å². The van der Waals surface area contributed by atoms with Gasteiger partial charge >= 0.3 is 14.8 Å². The van der Waals surface area contributed by atoms with Crippen molar-refractivity contribution in [1.29, 1.82) is 0 Å². The van der Waals surface area contributed by atoms with Crippen LogP contribution in [-0.4, -0.2) is 28.0 Å². The van der Waals surface area contributed by atoms with E-state index in [1.807, 2.05) is 6.92 Å². The van der Waals surface area contributed by atoms with Crippen molar-refractivity contribution in [3.05, 3.63) is 12.7 Å². The van der Waals surface area contributed by atoms with Crippen LogP contribution < -0.4 is 0 Å². The summed E-state index contributed by atoms with van der Waals surface area (Å²) in [5, 5.41) is 0. The lowest BCUT2D eigenvalue weighted by Gasteiger charge is -2.28. The highest BCUT2D eigenvalue weighted by atomic mass is 28.4. The van der Waals surface area contributed by atoms with Crippen LogP contribution in [-0.2, 0) is 18.1 Å². The Kier molecular flexibility index (Phi) is 10.8. The minimum Gasteiger partial charge on any atom is -0.470 e. The second-order valence-electron chi connectivity index (χ2n) is 4.46. The number of carbonyl (C=O) groups excluding carboxylic acids is 1. The summed E-state index contributed by atoms with van der Waals surface area (Å²) in [5.74, 6) is -0.451. The number of hydrogen-bond acceptors (Lipinski definition) is 4. The lowest BCUT2D eigenvalue weighted by atomic mass is 10.4. The molecule has 0 aliphatic rings. The number of carbonyl (C=O) groups is 1. The first kappa shape index (κ1) is 18.3. The van der Waals surface area contributed by atoms with Gasteiger partial charge in [0.15, 0.2) is 0 Å². The summed E-state index contributed by atoms with van der Waals surface area (Å²) in [7, 11) is -2.87. The van der Waals surface area contributed by atoms with E-state index in [1.54, 1.807) is 0 Å². The monoisotopic (exact) mass is 288 g/mol.